The first-order chi connectivity index (χ1) is 9.54. The van der Waals surface area contributed by atoms with E-state index in [1.165, 1.54) is 5.01 Å². The van der Waals surface area contributed by atoms with Crippen LogP contribution in [-0.2, 0) is 10.2 Å². The van der Waals surface area contributed by atoms with Gasteiger partial charge < -0.3 is 10.1 Å². The standard InChI is InChI=1S/C15H22N2O2S/c1-11(2)17-13(18)19-15-6-3-14(4-7-15,5-8-15)12-16-9-10-20-12/h9-11H,3-8H2,1-2H3,(H,17,18). The van der Waals surface area contributed by atoms with Gasteiger partial charge in [-0.2, -0.15) is 0 Å². The van der Waals surface area contributed by atoms with Crippen LogP contribution in [0.4, 0.5) is 4.79 Å². The van der Waals surface area contributed by atoms with Crippen LogP contribution >= 0.6 is 11.3 Å². The summed E-state index contributed by atoms with van der Waals surface area (Å²) in [5.41, 5.74) is 0.0335. The van der Waals surface area contributed by atoms with Crippen molar-refractivity contribution in [3.05, 3.63) is 16.6 Å². The Labute approximate surface area is 123 Å². The van der Waals surface area contributed by atoms with Gasteiger partial charge in [0.2, 0.25) is 0 Å². The summed E-state index contributed by atoms with van der Waals surface area (Å²) in [4.78, 5) is 16.4. The maximum absolute atomic E-state index is 11.9. The van der Waals surface area contributed by atoms with E-state index in [1.54, 1.807) is 11.3 Å². The summed E-state index contributed by atoms with van der Waals surface area (Å²) < 4.78 is 5.77. The van der Waals surface area contributed by atoms with E-state index in [-0.39, 0.29) is 23.2 Å². The van der Waals surface area contributed by atoms with E-state index in [9.17, 15) is 4.79 Å². The van der Waals surface area contributed by atoms with Crippen LogP contribution in [0.3, 0.4) is 0 Å². The van der Waals surface area contributed by atoms with Crippen LogP contribution in [0, 0.1) is 0 Å². The Hall–Kier alpha value is -1.10. The molecule has 0 radical (unpaired) electrons. The molecule has 3 saturated carbocycles. The van der Waals surface area contributed by atoms with Gasteiger partial charge in [0.05, 0.1) is 5.01 Å². The van der Waals surface area contributed by atoms with Crippen molar-refractivity contribution in [3.63, 3.8) is 0 Å². The van der Waals surface area contributed by atoms with Crippen molar-refractivity contribution in [1.82, 2.24) is 10.3 Å². The third kappa shape index (κ3) is 2.43. The van der Waals surface area contributed by atoms with Crippen LogP contribution in [0.5, 0.6) is 0 Å². The molecule has 3 aliphatic rings. The molecule has 0 aromatic carbocycles. The number of amides is 1. The van der Waals surface area contributed by atoms with Crippen molar-refractivity contribution in [3.8, 4) is 0 Å². The zero-order valence-corrected chi connectivity index (χ0v) is 13.0. The lowest BCUT2D eigenvalue weighted by molar-refractivity contribution is -0.0750. The predicted molar refractivity (Wildman–Crippen MR) is 79.0 cm³/mol. The molecule has 0 aliphatic heterocycles. The Morgan fingerprint density at radius 1 is 1.30 bits per heavy atom. The number of nitrogens with zero attached hydrogens (tertiary/aromatic N) is 1. The van der Waals surface area contributed by atoms with Gasteiger partial charge in [-0.1, -0.05) is 0 Å². The lowest BCUT2D eigenvalue weighted by Crippen LogP contribution is -2.52. The molecule has 0 spiro atoms. The Kier molecular flexibility index (Phi) is 3.48. The van der Waals surface area contributed by atoms with Gasteiger partial charge in [-0.25, -0.2) is 9.78 Å². The smallest absolute Gasteiger partial charge is 0.407 e. The van der Waals surface area contributed by atoms with E-state index >= 15 is 0 Å². The van der Waals surface area contributed by atoms with E-state index in [0.717, 1.165) is 38.5 Å². The average molecular weight is 294 g/mol. The molecule has 3 fully saturated rings. The fourth-order valence-electron chi connectivity index (χ4n) is 3.57. The SMILES string of the molecule is CC(C)NC(=O)OC12CCC(c3nccs3)(CC1)CC2. The minimum atomic E-state index is -0.261. The number of aromatic nitrogens is 1. The highest BCUT2D eigenvalue weighted by molar-refractivity contribution is 7.09. The topological polar surface area (TPSA) is 51.2 Å². The quantitative estimate of drug-likeness (QED) is 0.926. The molecule has 1 N–H and O–H groups in total. The summed E-state index contributed by atoms with van der Waals surface area (Å²) in [7, 11) is 0. The van der Waals surface area contributed by atoms with Crippen LogP contribution < -0.4 is 5.32 Å². The molecule has 1 aromatic heterocycles. The van der Waals surface area contributed by atoms with Gasteiger partial charge in [-0.3, -0.25) is 0 Å². The third-order valence-electron chi connectivity index (χ3n) is 4.78. The average Bonchev–Trinajstić information content (AvgIpc) is 2.94. The largest absolute Gasteiger partial charge is 0.443 e. The maximum atomic E-state index is 11.9. The fourth-order valence-corrected chi connectivity index (χ4v) is 4.50. The highest BCUT2D eigenvalue weighted by Gasteiger charge is 2.52. The number of hydrogen-bond donors (Lipinski definition) is 1. The number of ether oxygens (including phenoxy) is 1. The third-order valence-corrected chi connectivity index (χ3v) is 5.80. The summed E-state index contributed by atoms with van der Waals surface area (Å²) in [5.74, 6) is 0. The van der Waals surface area contributed by atoms with Crippen LogP contribution in [-0.4, -0.2) is 22.7 Å². The monoisotopic (exact) mass is 294 g/mol. The molecule has 1 aromatic rings. The van der Waals surface area contributed by atoms with Gasteiger partial charge in [0, 0.05) is 23.0 Å². The van der Waals surface area contributed by atoms with Crippen molar-refractivity contribution in [2.45, 2.75) is 69.4 Å². The number of alkyl carbamates (subject to hydrolysis) is 1. The first-order valence-electron chi connectivity index (χ1n) is 7.43. The van der Waals surface area contributed by atoms with Gasteiger partial charge >= 0.3 is 6.09 Å². The van der Waals surface area contributed by atoms with Crippen molar-refractivity contribution >= 4 is 17.4 Å². The number of thiazole rings is 1. The molecule has 1 heterocycles. The van der Waals surface area contributed by atoms with E-state index in [1.807, 2.05) is 20.0 Å². The fraction of sp³-hybridized carbons (Fsp3) is 0.733. The molecule has 110 valence electrons. The van der Waals surface area contributed by atoms with Crippen LogP contribution in [0.25, 0.3) is 0 Å². The number of rotatable bonds is 3. The minimum absolute atomic E-state index is 0.125. The second-order valence-corrected chi connectivity index (χ2v) is 7.38. The number of carbonyl (C=O) groups excluding carboxylic acids is 1. The van der Waals surface area contributed by atoms with E-state index in [4.69, 9.17) is 4.74 Å². The predicted octanol–water partition coefficient (Wildman–Crippen LogP) is 3.62. The van der Waals surface area contributed by atoms with Crippen LogP contribution in [0.15, 0.2) is 11.6 Å². The summed E-state index contributed by atoms with van der Waals surface area (Å²) in [6.45, 7) is 3.91. The van der Waals surface area contributed by atoms with Gasteiger partial charge in [-0.05, 0) is 52.4 Å². The second-order valence-electron chi connectivity index (χ2n) is 6.49. The number of hydrogen-bond acceptors (Lipinski definition) is 4. The molecule has 0 saturated heterocycles. The van der Waals surface area contributed by atoms with Gasteiger partial charge in [0.15, 0.2) is 0 Å². The Bertz CT molecular complexity index is 460. The molecule has 5 heteroatoms. The first-order valence-corrected chi connectivity index (χ1v) is 8.31. The van der Waals surface area contributed by atoms with Crippen molar-refractivity contribution in [2.75, 3.05) is 0 Å². The molecule has 3 aliphatic carbocycles. The Morgan fingerprint density at radius 2 is 1.95 bits per heavy atom. The van der Waals surface area contributed by atoms with Gasteiger partial charge in [-0.15, -0.1) is 11.3 Å². The number of nitrogens with one attached hydrogen (secondary N) is 1. The molecule has 20 heavy (non-hydrogen) atoms. The van der Waals surface area contributed by atoms with Crippen LogP contribution in [0.2, 0.25) is 0 Å². The highest BCUT2D eigenvalue weighted by atomic mass is 32.1. The zero-order chi connectivity index (χ0) is 14.2. The molecule has 4 nitrogen and oxygen atoms in total. The summed E-state index contributed by atoms with van der Waals surface area (Å²) in [5, 5.41) is 6.17. The maximum Gasteiger partial charge on any atom is 0.407 e. The van der Waals surface area contributed by atoms with Gasteiger partial charge in [0.1, 0.15) is 5.60 Å². The molecular formula is C15H22N2O2S. The second kappa shape index (κ2) is 5.02. The lowest BCUT2D eigenvalue weighted by Gasteiger charge is -2.51. The van der Waals surface area contributed by atoms with E-state index in [0.29, 0.717) is 0 Å². The Morgan fingerprint density at radius 3 is 2.45 bits per heavy atom. The number of fused-ring (bicyclic) bond motifs is 3. The lowest BCUT2D eigenvalue weighted by atomic mass is 9.59. The molecule has 1 amide bonds. The minimum Gasteiger partial charge on any atom is -0.443 e. The van der Waals surface area contributed by atoms with Crippen molar-refractivity contribution < 1.29 is 9.53 Å². The molecule has 0 unspecified atom stereocenters. The molecule has 0 atom stereocenters. The Balaban J connectivity index is 1.66. The normalized spacial score (nSPS) is 32.4. The first kappa shape index (κ1) is 13.9. The van der Waals surface area contributed by atoms with Gasteiger partial charge in [0.25, 0.3) is 0 Å². The van der Waals surface area contributed by atoms with Crippen molar-refractivity contribution in [2.24, 2.45) is 0 Å². The zero-order valence-electron chi connectivity index (χ0n) is 12.1. The number of carbonyl (C=O) groups is 1. The highest BCUT2D eigenvalue weighted by Crippen LogP contribution is 2.55. The molecule has 2 bridgehead atoms. The molecular weight excluding hydrogens is 272 g/mol. The summed E-state index contributed by atoms with van der Waals surface area (Å²) in [6, 6.07) is 0.125. The van der Waals surface area contributed by atoms with E-state index in [2.05, 4.69) is 15.7 Å². The van der Waals surface area contributed by atoms with E-state index < -0.39 is 0 Å². The molecule has 4 rings (SSSR count). The summed E-state index contributed by atoms with van der Waals surface area (Å²) >= 11 is 1.77. The van der Waals surface area contributed by atoms with Crippen molar-refractivity contribution in [1.29, 1.82) is 0 Å². The van der Waals surface area contributed by atoms with Crippen LogP contribution in [0.1, 0.15) is 57.4 Å². The summed E-state index contributed by atoms with van der Waals surface area (Å²) in [6.07, 6.45) is 7.83.